The topological polar surface area (TPSA) is 55.1 Å². The van der Waals surface area contributed by atoms with Crippen LogP contribution in [0.15, 0.2) is 23.8 Å². The Morgan fingerprint density at radius 2 is 2.23 bits per heavy atom. The summed E-state index contributed by atoms with van der Waals surface area (Å²) in [4.78, 5) is 10.8. The molecule has 3 N–H and O–H groups in total. The molecule has 1 unspecified atom stereocenters. The predicted molar refractivity (Wildman–Crippen MR) is 53.2 cm³/mol. The fourth-order valence-corrected chi connectivity index (χ4v) is 1.67. The lowest BCUT2D eigenvalue weighted by Gasteiger charge is -2.34. The summed E-state index contributed by atoms with van der Waals surface area (Å²) in [7, 11) is 0. The zero-order chi connectivity index (χ0) is 10.1. The van der Waals surface area contributed by atoms with Gasteiger partial charge in [0.1, 0.15) is 0 Å². The van der Waals surface area contributed by atoms with E-state index < -0.39 is 6.03 Å². The van der Waals surface area contributed by atoms with E-state index in [4.69, 9.17) is 5.73 Å². The molecule has 2 amide bonds. The molecule has 0 saturated heterocycles. The van der Waals surface area contributed by atoms with Crippen LogP contribution in [0.1, 0.15) is 20.8 Å². The highest BCUT2D eigenvalue weighted by Gasteiger charge is 2.30. The fourth-order valence-electron chi connectivity index (χ4n) is 1.67. The van der Waals surface area contributed by atoms with Crippen molar-refractivity contribution in [2.24, 2.45) is 11.1 Å². The lowest BCUT2D eigenvalue weighted by molar-refractivity contribution is 0.238. The number of nitrogens with one attached hydrogen (secondary N) is 1. The molecule has 72 valence electrons. The Balaban J connectivity index is 2.86. The summed E-state index contributed by atoms with van der Waals surface area (Å²) in [6.07, 6.45) is 6.07. The van der Waals surface area contributed by atoms with Crippen LogP contribution in [0.25, 0.3) is 0 Å². The van der Waals surface area contributed by atoms with E-state index >= 15 is 0 Å². The highest BCUT2D eigenvalue weighted by atomic mass is 16.2. The number of carbonyl (C=O) groups excluding carboxylic acids is 1. The standard InChI is InChI=1S/C10H16N2O/c1-7-5-4-6-10(2,3)8(7)12-9(11)13/h4-6,8H,1-3H3,(H3,11,12,13). The third-order valence-corrected chi connectivity index (χ3v) is 2.37. The van der Waals surface area contributed by atoms with Gasteiger partial charge in [-0.25, -0.2) is 4.79 Å². The van der Waals surface area contributed by atoms with E-state index in [0.29, 0.717) is 0 Å². The van der Waals surface area contributed by atoms with Gasteiger partial charge >= 0.3 is 6.03 Å². The highest BCUT2D eigenvalue weighted by molar-refractivity contribution is 5.72. The molecule has 1 aliphatic rings. The number of nitrogens with two attached hydrogens (primary N) is 1. The van der Waals surface area contributed by atoms with Gasteiger partial charge in [0, 0.05) is 5.41 Å². The number of hydrogen-bond donors (Lipinski definition) is 2. The van der Waals surface area contributed by atoms with Crippen molar-refractivity contribution in [1.82, 2.24) is 5.32 Å². The zero-order valence-electron chi connectivity index (χ0n) is 8.29. The fraction of sp³-hybridized carbons (Fsp3) is 0.500. The van der Waals surface area contributed by atoms with Gasteiger partial charge in [-0.15, -0.1) is 0 Å². The molecule has 0 aromatic rings. The van der Waals surface area contributed by atoms with E-state index in [1.807, 2.05) is 19.1 Å². The second kappa shape index (κ2) is 3.24. The predicted octanol–water partition coefficient (Wildman–Crippen LogP) is 1.57. The van der Waals surface area contributed by atoms with Crippen LogP contribution in [0.3, 0.4) is 0 Å². The van der Waals surface area contributed by atoms with Crippen LogP contribution in [0.5, 0.6) is 0 Å². The number of allylic oxidation sites excluding steroid dienone is 2. The molecule has 1 aliphatic carbocycles. The van der Waals surface area contributed by atoms with E-state index in [2.05, 4.69) is 25.2 Å². The van der Waals surface area contributed by atoms with Crippen LogP contribution in [0.4, 0.5) is 4.79 Å². The lowest BCUT2D eigenvalue weighted by atomic mass is 9.77. The number of hydrogen-bond acceptors (Lipinski definition) is 1. The second-order valence-corrected chi connectivity index (χ2v) is 4.03. The van der Waals surface area contributed by atoms with E-state index in [1.165, 1.54) is 0 Å². The van der Waals surface area contributed by atoms with E-state index in [1.54, 1.807) is 0 Å². The van der Waals surface area contributed by atoms with Crippen molar-refractivity contribution in [3.63, 3.8) is 0 Å². The van der Waals surface area contributed by atoms with Gasteiger partial charge in [0.05, 0.1) is 6.04 Å². The first-order valence-corrected chi connectivity index (χ1v) is 4.35. The van der Waals surface area contributed by atoms with Crippen LogP contribution in [-0.2, 0) is 0 Å². The summed E-state index contributed by atoms with van der Waals surface area (Å²) in [6.45, 7) is 6.13. The third-order valence-electron chi connectivity index (χ3n) is 2.37. The van der Waals surface area contributed by atoms with Gasteiger partial charge in [-0.3, -0.25) is 0 Å². The van der Waals surface area contributed by atoms with Crippen molar-refractivity contribution in [3.05, 3.63) is 23.8 Å². The van der Waals surface area contributed by atoms with E-state index in [9.17, 15) is 4.79 Å². The molecule has 13 heavy (non-hydrogen) atoms. The van der Waals surface area contributed by atoms with Gasteiger partial charge in [-0.05, 0) is 6.92 Å². The Kier molecular flexibility index (Phi) is 2.45. The zero-order valence-corrected chi connectivity index (χ0v) is 8.29. The molecule has 3 nitrogen and oxygen atoms in total. The van der Waals surface area contributed by atoms with Crippen molar-refractivity contribution in [2.45, 2.75) is 26.8 Å². The maximum atomic E-state index is 10.8. The molecule has 0 fully saturated rings. The molecule has 0 aromatic carbocycles. The molecule has 0 aliphatic heterocycles. The van der Waals surface area contributed by atoms with Crippen molar-refractivity contribution in [1.29, 1.82) is 0 Å². The van der Waals surface area contributed by atoms with Gasteiger partial charge in [0.25, 0.3) is 0 Å². The Bertz CT molecular complexity index is 277. The molecular formula is C10H16N2O. The van der Waals surface area contributed by atoms with Gasteiger partial charge in [0.2, 0.25) is 0 Å². The van der Waals surface area contributed by atoms with Gasteiger partial charge in [-0.2, -0.15) is 0 Å². The summed E-state index contributed by atoms with van der Waals surface area (Å²) in [5.41, 5.74) is 6.17. The monoisotopic (exact) mass is 180 g/mol. The second-order valence-electron chi connectivity index (χ2n) is 4.03. The summed E-state index contributed by atoms with van der Waals surface area (Å²) in [5.74, 6) is 0. The lowest BCUT2D eigenvalue weighted by Crippen LogP contribution is -2.47. The normalized spacial score (nSPS) is 25.2. The maximum Gasteiger partial charge on any atom is 0.312 e. The molecule has 1 rings (SSSR count). The smallest absolute Gasteiger partial charge is 0.312 e. The Labute approximate surface area is 78.7 Å². The summed E-state index contributed by atoms with van der Waals surface area (Å²) >= 11 is 0. The largest absolute Gasteiger partial charge is 0.352 e. The van der Waals surface area contributed by atoms with Crippen LogP contribution in [0.2, 0.25) is 0 Å². The number of primary amides is 1. The maximum absolute atomic E-state index is 10.8. The summed E-state index contributed by atoms with van der Waals surface area (Å²) < 4.78 is 0. The highest BCUT2D eigenvalue weighted by Crippen LogP contribution is 2.30. The van der Waals surface area contributed by atoms with Crippen LogP contribution >= 0.6 is 0 Å². The molecule has 0 radical (unpaired) electrons. The molecule has 0 saturated carbocycles. The van der Waals surface area contributed by atoms with Gasteiger partial charge in [0.15, 0.2) is 0 Å². The van der Waals surface area contributed by atoms with Crippen LogP contribution in [0, 0.1) is 5.41 Å². The quantitative estimate of drug-likeness (QED) is 0.632. The first-order valence-electron chi connectivity index (χ1n) is 4.35. The average Bonchev–Trinajstić information content (AvgIpc) is 1.96. The molecule has 0 heterocycles. The van der Waals surface area contributed by atoms with E-state index in [-0.39, 0.29) is 11.5 Å². The molecule has 3 heteroatoms. The number of amides is 2. The van der Waals surface area contributed by atoms with Crippen LogP contribution in [-0.4, -0.2) is 12.1 Å². The molecular weight excluding hydrogens is 164 g/mol. The van der Waals surface area contributed by atoms with Crippen molar-refractivity contribution in [2.75, 3.05) is 0 Å². The minimum Gasteiger partial charge on any atom is -0.352 e. The first-order chi connectivity index (χ1) is 5.93. The number of rotatable bonds is 1. The average molecular weight is 180 g/mol. The van der Waals surface area contributed by atoms with Crippen LogP contribution < -0.4 is 11.1 Å². The Hall–Kier alpha value is -1.25. The molecule has 0 aromatic heterocycles. The summed E-state index contributed by atoms with van der Waals surface area (Å²) in [5, 5.41) is 2.74. The Morgan fingerprint density at radius 3 is 2.69 bits per heavy atom. The third kappa shape index (κ3) is 2.11. The van der Waals surface area contributed by atoms with Crippen molar-refractivity contribution >= 4 is 6.03 Å². The SMILES string of the molecule is CC1=CC=CC(C)(C)C1NC(N)=O. The number of carbonyl (C=O) groups is 1. The molecule has 0 spiro atoms. The summed E-state index contributed by atoms with van der Waals surface area (Å²) in [6, 6.07) is -0.462. The van der Waals surface area contributed by atoms with E-state index in [0.717, 1.165) is 5.57 Å². The van der Waals surface area contributed by atoms with Crippen molar-refractivity contribution < 1.29 is 4.79 Å². The minimum atomic E-state index is -0.471. The van der Waals surface area contributed by atoms with Crippen molar-refractivity contribution in [3.8, 4) is 0 Å². The first kappa shape index (κ1) is 9.84. The van der Waals surface area contributed by atoms with Gasteiger partial charge in [-0.1, -0.05) is 37.6 Å². The number of urea groups is 1. The molecule has 0 bridgehead atoms. The van der Waals surface area contributed by atoms with Gasteiger partial charge < -0.3 is 11.1 Å². The molecule has 1 atom stereocenters. The minimum absolute atomic E-state index is 0.00926. The Morgan fingerprint density at radius 1 is 1.62 bits per heavy atom.